The number of hydrogen-bond acceptors (Lipinski definition) is 1. The van der Waals surface area contributed by atoms with E-state index >= 15 is 0 Å². The van der Waals surface area contributed by atoms with Gasteiger partial charge in [0.15, 0.2) is 0 Å². The molecule has 0 bridgehead atoms. The lowest BCUT2D eigenvalue weighted by Gasteiger charge is -2.12. The Balaban J connectivity index is 1.94. The van der Waals surface area contributed by atoms with Gasteiger partial charge >= 0.3 is 0 Å². The highest BCUT2D eigenvalue weighted by atomic mass is 79.9. The van der Waals surface area contributed by atoms with Gasteiger partial charge in [-0.25, -0.2) is 4.39 Å². The molecule has 0 aliphatic rings. The Morgan fingerprint density at radius 1 is 0.870 bits per heavy atom. The van der Waals surface area contributed by atoms with Gasteiger partial charge < -0.3 is 5.32 Å². The van der Waals surface area contributed by atoms with Gasteiger partial charge in [0.2, 0.25) is 0 Å². The summed E-state index contributed by atoms with van der Waals surface area (Å²) in [5, 5.41) is 2.92. The van der Waals surface area contributed by atoms with Gasteiger partial charge in [-0.1, -0.05) is 42.5 Å². The smallest absolute Gasteiger partial charge is 0.256 e. The van der Waals surface area contributed by atoms with Crippen molar-refractivity contribution in [1.82, 2.24) is 0 Å². The van der Waals surface area contributed by atoms with E-state index in [9.17, 15) is 9.18 Å². The Labute approximate surface area is 142 Å². The number of rotatable bonds is 3. The van der Waals surface area contributed by atoms with Crippen molar-refractivity contribution in [3.63, 3.8) is 0 Å². The third kappa shape index (κ3) is 3.48. The summed E-state index contributed by atoms with van der Waals surface area (Å²) < 4.78 is 13.8. The van der Waals surface area contributed by atoms with E-state index in [1.165, 1.54) is 12.1 Å². The predicted octanol–water partition coefficient (Wildman–Crippen LogP) is 5.51. The molecule has 0 atom stereocenters. The second kappa shape index (κ2) is 6.75. The maximum absolute atomic E-state index is 13.1. The largest absolute Gasteiger partial charge is 0.321 e. The zero-order valence-electron chi connectivity index (χ0n) is 12.1. The van der Waals surface area contributed by atoms with Crippen molar-refractivity contribution in [2.45, 2.75) is 0 Å². The molecule has 3 rings (SSSR count). The van der Waals surface area contributed by atoms with Crippen LogP contribution in [0.1, 0.15) is 10.4 Å². The molecular formula is C19H13BrFNO. The molecule has 3 aromatic carbocycles. The molecular weight excluding hydrogens is 357 g/mol. The lowest BCUT2D eigenvalue weighted by molar-refractivity contribution is 0.102. The molecule has 0 spiro atoms. The minimum atomic E-state index is -0.288. The molecule has 0 aromatic heterocycles. The third-order valence-corrected chi connectivity index (χ3v) is 4.14. The number of hydrogen-bond donors (Lipinski definition) is 1. The first kappa shape index (κ1) is 15.4. The highest BCUT2D eigenvalue weighted by molar-refractivity contribution is 9.10. The molecule has 0 heterocycles. The van der Waals surface area contributed by atoms with Gasteiger partial charge in [-0.05, 0) is 51.8 Å². The van der Waals surface area contributed by atoms with Crippen LogP contribution in [0.3, 0.4) is 0 Å². The number of halogens is 2. The van der Waals surface area contributed by atoms with Crippen LogP contribution < -0.4 is 5.32 Å². The van der Waals surface area contributed by atoms with Crippen LogP contribution in [-0.2, 0) is 0 Å². The van der Waals surface area contributed by atoms with E-state index in [2.05, 4.69) is 21.2 Å². The van der Waals surface area contributed by atoms with Gasteiger partial charge in [0.25, 0.3) is 5.91 Å². The quantitative estimate of drug-likeness (QED) is 0.647. The van der Waals surface area contributed by atoms with Gasteiger partial charge in [0, 0.05) is 15.7 Å². The van der Waals surface area contributed by atoms with E-state index in [1.807, 2.05) is 42.5 Å². The number of para-hydroxylation sites is 1. The SMILES string of the molecule is O=C(Nc1ccccc1-c1ccc(F)cc1)c1ccccc1Br. The number of carbonyl (C=O) groups is 1. The summed E-state index contributed by atoms with van der Waals surface area (Å²) in [6, 6.07) is 20.9. The molecule has 0 saturated carbocycles. The summed E-state index contributed by atoms with van der Waals surface area (Å²) in [5.74, 6) is -0.490. The van der Waals surface area contributed by atoms with Crippen molar-refractivity contribution in [3.8, 4) is 11.1 Å². The number of carbonyl (C=O) groups excluding carboxylic acids is 1. The summed E-state index contributed by atoms with van der Waals surface area (Å²) >= 11 is 3.38. The summed E-state index contributed by atoms with van der Waals surface area (Å²) in [4.78, 5) is 12.5. The number of anilines is 1. The molecule has 0 radical (unpaired) electrons. The second-order valence-electron chi connectivity index (χ2n) is 4.99. The average molecular weight is 370 g/mol. The van der Waals surface area contributed by atoms with E-state index in [0.29, 0.717) is 11.3 Å². The van der Waals surface area contributed by atoms with Gasteiger partial charge in [-0.2, -0.15) is 0 Å². The Bertz CT molecular complexity index is 846. The second-order valence-corrected chi connectivity index (χ2v) is 5.84. The fraction of sp³-hybridized carbons (Fsp3) is 0. The zero-order valence-corrected chi connectivity index (χ0v) is 13.7. The Kier molecular flexibility index (Phi) is 4.53. The molecule has 23 heavy (non-hydrogen) atoms. The Morgan fingerprint density at radius 2 is 1.52 bits per heavy atom. The molecule has 0 saturated heterocycles. The van der Waals surface area contributed by atoms with Crippen LogP contribution in [0.25, 0.3) is 11.1 Å². The summed E-state index contributed by atoms with van der Waals surface area (Å²) in [6.07, 6.45) is 0. The van der Waals surface area contributed by atoms with E-state index < -0.39 is 0 Å². The van der Waals surface area contributed by atoms with E-state index in [1.54, 1.807) is 18.2 Å². The van der Waals surface area contributed by atoms with Crippen LogP contribution >= 0.6 is 15.9 Å². The van der Waals surface area contributed by atoms with Gasteiger partial charge in [-0.15, -0.1) is 0 Å². The van der Waals surface area contributed by atoms with Crippen LogP contribution in [0.2, 0.25) is 0 Å². The molecule has 1 N–H and O–H groups in total. The molecule has 0 aliphatic carbocycles. The lowest BCUT2D eigenvalue weighted by atomic mass is 10.0. The van der Waals surface area contributed by atoms with Crippen LogP contribution in [0, 0.1) is 5.82 Å². The molecule has 114 valence electrons. The fourth-order valence-corrected chi connectivity index (χ4v) is 2.77. The van der Waals surface area contributed by atoms with Crippen molar-refractivity contribution in [2.75, 3.05) is 5.32 Å². The standard InChI is InChI=1S/C19H13BrFNO/c20-17-7-3-1-6-16(17)19(23)22-18-8-4-2-5-15(18)13-9-11-14(21)12-10-13/h1-12H,(H,22,23). The highest BCUT2D eigenvalue weighted by Gasteiger charge is 2.12. The maximum Gasteiger partial charge on any atom is 0.256 e. The van der Waals surface area contributed by atoms with E-state index in [-0.39, 0.29) is 11.7 Å². The number of amides is 1. The van der Waals surface area contributed by atoms with Crippen molar-refractivity contribution in [1.29, 1.82) is 0 Å². The Hall–Kier alpha value is -2.46. The summed E-state index contributed by atoms with van der Waals surface area (Å²) in [6.45, 7) is 0. The van der Waals surface area contributed by atoms with Gasteiger partial charge in [0.05, 0.1) is 5.56 Å². The van der Waals surface area contributed by atoms with Crippen LogP contribution in [0.4, 0.5) is 10.1 Å². The van der Waals surface area contributed by atoms with Crippen molar-refractivity contribution < 1.29 is 9.18 Å². The number of nitrogens with one attached hydrogen (secondary N) is 1. The molecule has 1 amide bonds. The molecule has 3 aromatic rings. The topological polar surface area (TPSA) is 29.1 Å². The normalized spacial score (nSPS) is 10.3. The van der Waals surface area contributed by atoms with E-state index in [0.717, 1.165) is 15.6 Å². The average Bonchev–Trinajstić information content (AvgIpc) is 2.56. The van der Waals surface area contributed by atoms with Gasteiger partial charge in [-0.3, -0.25) is 4.79 Å². The Morgan fingerprint density at radius 3 is 2.26 bits per heavy atom. The first-order chi connectivity index (χ1) is 11.1. The lowest BCUT2D eigenvalue weighted by Crippen LogP contribution is -2.13. The molecule has 0 fully saturated rings. The first-order valence-electron chi connectivity index (χ1n) is 7.06. The first-order valence-corrected chi connectivity index (χ1v) is 7.85. The summed E-state index contributed by atoms with van der Waals surface area (Å²) in [5.41, 5.74) is 2.92. The highest BCUT2D eigenvalue weighted by Crippen LogP contribution is 2.29. The maximum atomic E-state index is 13.1. The monoisotopic (exact) mass is 369 g/mol. The van der Waals surface area contributed by atoms with Crippen LogP contribution in [0.15, 0.2) is 77.3 Å². The molecule has 4 heteroatoms. The third-order valence-electron chi connectivity index (χ3n) is 3.45. The summed E-state index contributed by atoms with van der Waals surface area (Å²) in [7, 11) is 0. The number of benzene rings is 3. The van der Waals surface area contributed by atoms with Crippen LogP contribution in [-0.4, -0.2) is 5.91 Å². The van der Waals surface area contributed by atoms with Crippen LogP contribution in [0.5, 0.6) is 0 Å². The van der Waals surface area contributed by atoms with Gasteiger partial charge in [0.1, 0.15) is 5.82 Å². The van der Waals surface area contributed by atoms with Crippen molar-refractivity contribution in [3.05, 3.63) is 88.6 Å². The minimum Gasteiger partial charge on any atom is -0.321 e. The van der Waals surface area contributed by atoms with Crippen molar-refractivity contribution >= 4 is 27.5 Å². The fourth-order valence-electron chi connectivity index (χ4n) is 2.31. The molecule has 2 nitrogen and oxygen atoms in total. The van der Waals surface area contributed by atoms with Crippen molar-refractivity contribution in [2.24, 2.45) is 0 Å². The molecule has 0 unspecified atom stereocenters. The zero-order chi connectivity index (χ0) is 16.2. The predicted molar refractivity (Wildman–Crippen MR) is 93.9 cm³/mol. The minimum absolute atomic E-state index is 0.202. The molecule has 0 aliphatic heterocycles. The van der Waals surface area contributed by atoms with E-state index in [4.69, 9.17) is 0 Å².